The van der Waals surface area contributed by atoms with Crippen molar-refractivity contribution in [1.82, 2.24) is 0 Å². The zero-order valence-corrected chi connectivity index (χ0v) is 10.2. The fraction of sp³-hybridized carbons (Fsp3) is 0.583. The van der Waals surface area contributed by atoms with E-state index in [9.17, 15) is 4.79 Å². The maximum atomic E-state index is 10.9. The summed E-state index contributed by atoms with van der Waals surface area (Å²) in [5.74, 6) is -0.362. The molecule has 0 heterocycles. The molecule has 16 heavy (non-hydrogen) atoms. The summed E-state index contributed by atoms with van der Waals surface area (Å²) in [6.45, 7) is 12.2. The Hall–Kier alpha value is -1.13. The van der Waals surface area contributed by atoms with Crippen molar-refractivity contribution < 1.29 is 19.7 Å². The van der Waals surface area contributed by atoms with E-state index in [2.05, 4.69) is 18.0 Å². The molecule has 0 fully saturated rings. The van der Waals surface area contributed by atoms with Crippen molar-refractivity contribution in [3.05, 3.63) is 24.8 Å². The van der Waals surface area contributed by atoms with E-state index in [1.54, 1.807) is 19.9 Å². The van der Waals surface area contributed by atoms with Gasteiger partial charge in [0, 0.05) is 6.92 Å². The standard InChI is InChI=1S/C12H20O4/c1-6-12(5,15-10(4)13)8-7-11(16-14)9(2)3/h6,11,14H,1-2,7-8H2,3-5H3. The van der Waals surface area contributed by atoms with Gasteiger partial charge in [-0.25, -0.2) is 4.89 Å². The van der Waals surface area contributed by atoms with Crippen LogP contribution < -0.4 is 0 Å². The number of hydrogen-bond donors (Lipinski definition) is 1. The predicted molar refractivity (Wildman–Crippen MR) is 61.9 cm³/mol. The lowest BCUT2D eigenvalue weighted by Gasteiger charge is -2.26. The van der Waals surface area contributed by atoms with Crippen LogP contribution in [0.1, 0.15) is 33.6 Å². The van der Waals surface area contributed by atoms with E-state index >= 15 is 0 Å². The Kier molecular flexibility index (Phi) is 6.00. The van der Waals surface area contributed by atoms with E-state index in [4.69, 9.17) is 9.99 Å². The van der Waals surface area contributed by atoms with Gasteiger partial charge in [-0.05, 0) is 38.3 Å². The quantitative estimate of drug-likeness (QED) is 0.315. The lowest BCUT2D eigenvalue weighted by Crippen LogP contribution is -2.30. The first-order chi connectivity index (χ1) is 7.34. The molecular weight excluding hydrogens is 208 g/mol. The highest BCUT2D eigenvalue weighted by Crippen LogP contribution is 2.22. The van der Waals surface area contributed by atoms with Gasteiger partial charge in [0.05, 0.1) is 0 Å². The van der Waals surface area contributed by atoms with Crippen LogP contribution in [0.3, 0.4) is 0 Å². The van der Waals surface area contributed by atoms with Gasteiger partial charge in [-0.1, -0.05) is 13.2 Å². The first-order valence-electron chi connectivity index (χ1n) is 5.13. The van der Waals surface area contributed by atoms with E-state index in [-0.39, 0.29) is 5.97 Å². The molecule has 0 aromatic heterocycles. The van der Waals surface area contributed by atoms with Crippen molar-refractivity contribution in [1.29, 1.82) is 0 Å². The average Bonchev–Trinajstić information content (AvgIpc) is 2.17. The summed E-state index contributed by atoms with van der Waals surface area (Å²) in [6, 6.07) is 0. The molecule has 0 aliphatic heterocycles. The van der Waals surface area contributed by atoms with E-state index in [1.807, 2.05) is 0 Å². The molecule has 0 saturated carbocycles. The second-order valence-electron chi connectivity index (χ2n) is 4.09. The molecule has 0 bridgehead atoms. The zero-order valence-electron chi connectivity index (χ0n) is 10.2. The molecule has 0 aliphatic carbocycles. The zero-order chi connectivity index (χ0) is 12.8. The number of carbonyl (C=O) groups excluding carboxylic acids is 1. The van der Waals surface area contributed by atoms with E-state index in [0.29, 0.717) is 12.8 Å². The molecule has 0 spiro atoms. The van der Waals surface area contributed by atoms with Crippen molar-refractivity contribution >= 4 is 5.97 Å². The molecule has 92 valence electrons. The van der Waals surface area contributed by atoms with Crippen molar-refractivity contribution in [2.24, 2.45) is 0 Å². The Morgan fingerprint density at radius 3 is 2.44 bits per heavy atom. The molecule has 0 aromatic carbocycles. The number of carbonyl (C=O) groups is 1. The molecule has 0 aromatic rings. The Morgan fingerprint density at radius 2 is 2.12 bits per heavy atom. The third kappa shape index (κ3) is 5.09. The highest BCUT2D eigenvalue weighted by atomic mass is 17.1. The van der Waals surface area contributed by atoms with Gasteiger partial charge < -0.3 is 4.74 Å². The summed E-state index contributed by atoms with van der Waals surface area (Å²) >= 11 is 0. The fourth-order valence-electron chi connectivity index (χ4n) is 1.33. The summed E-state index contributed by atoms with van der Waals surface area (Å²) in [7, 11) is 0. The molecule has 2 unspecified atom stereocenters. The van der Waals surface area contributed by atoms with Gasteiger partial charge >= 0.3 is 5.97 Å². The van der Waals surface area contributed by atoms with Crippen LogP contribution >= 0.6 is 0 Å². The predicted octanol–water partition coefficient (Wildman–Crippen LogP) is 2.71. The Balaban J connectivity index is 4.37. The van der Waals surface area contributed by atoms with Gasteiger partial charge in [0.1, 0.15) is 11.7 Å². The molecule has 1 N–H and O–H groups in total. The van der Waals surface area contributed by atoms with Crippen LogP contribution in [-0.4, -0.2) is 22.9 Å². The molecule has 0 radical (unpaired) electrons. The summed E-state index contributed by atoms with van der Waals surface area (Å²) in [5, 5.41) is 8.65. The third-order valence-corrected chi connectivity index (χ3v) is 2.39. The monoisotopic (exact) mass is 228 g/mol. The first-order valence-corrected chi connectivity index (χ1v) is 5.13. The van der Waals surface area contributed by atoms with Crippen LogP contribution in [0.2, 0.25) is 0 Å². The van der Waals surface area contributed by atoms with Gasteiger partial charge in [-0.2, -0.15) is 0 Å². The highest BCUT2D eigenvalue weighted by molar-refractivity contribution is 5.66. The second kappa shape index (κ2) is 6.45. The molecule has 2 atom stereocenters. The van der Waals surface area contributed by atoms with Gasteiger partial charge in [-0.3, -0.25) is 10.1 Å². The van der Waals surface area contributed by atoms with E-state index in [1.165, 1.54) is 6.92 Å². The van der Waals surface area contributed by atoms with Crippen LogP contribution in [0.5, 0.6) is 0 Å². The number of ether oxygens (including phenoxy) is 1. The van der Waals surface area contributed by atoms with Crippen molar-refractivity contribution in [3.8, 4) is 0 Å². The smallest absolute Gasteiger partial charge is 0.303 e. The molecule has 0 aliphatic rings. The second-order valence-corrected chi connectivity index (χ2v) is 4.09. The van der Waals surface area contributed by atoms with Crippen LogP contribution in [0.25, 0.3) is 0 Å². The minimum absolute atomic E-state index is 0.362. The van der Waals surface area contributed by atoms with Gasteiger partial charge in [0.25, 0.3) is 0 Å². The van der Waals surface area contributed by atoms with Crippen molar-refractivity contribution in [2.75, 3.05) is 0 Å². The highest BCUT2D eigenvalue weighted by Gasteiger charge is 2.25. The third-order valence-electron chi connectivity index (χ3n) is 2.39. The fourth-order valence-corrected chi connectivity index (χ4v) is 1.33. The van der Waals surface area contributed by atoms with Crippen LogP contribution in [0.15, 0.2) is 24.8 Å². The molecule has 4 heteroatoms. The van der Waals surface area contributed by atoms with Gasteiger partial charge in [-0.15, -0.1) is 0 Å². The van der Waals surface area contributed by atoms with E-state index in [0.717, 1.165) is 5.57 Å². The average molecular weight is 228 g/mol. The number of hydrogen-bond acceptors (Lipinski definition) is 4. The van der Waals surface area contributed by atoms with Gasteiger partial charge in [0.2, 0.25) is 0 Å². The van der Waals surface area contributed by atoms with Crippen molar-refractivity contribution in [2.45, 2.75) is 45.3 Å². The summed E-state index contributed by atoms with van der Waals surface area (Å²) in [5.41, 5.74) is -0.0188. The van der Waals surface area contributed by atoms with Crippen molar-refractivity contribution in [3.63, 3.8) is 0 Å². The SMILES string of the molecule is C=CC(C)(CCC(OO)C(=C)C)OC(C)=O. The normalized spacial score (nSPS) is 16.0. The van der Waals surface area contributed by atoms with E-state index < -0.39 is 11.7 Å². The van der Waals surface area contributed by atoms with Gasteiger partial charge in [0.15, 0.2) is 0 Å². The number of esters is 1. The molecular formula is C12H20O4. The lowest BCUT2D eigenvalue weighted by molar-refractivity contribution is -0.270. The maximum Gasteiger partial charge on any atom is 0.303 e. The summed E-state index contributed by atoms with van der Waals surface area (Å²) < 4.78 is 5.14. The molecule has 4 nitrogen and oxygen atoms in total. The maximum absolute atomic E-state index is 10.9. The minimum atomic E-state index is -0.738. The Morgan fingerprint density at radius 1 is 1.56 bits per heavy atom. The lowest BCUT2D eigenvalue weighted by atomic mass is 9.96. The van der Waals surface area contributed by atoms with Crippen LogP contribution in [0.4, 0.5) is 0 Å². The summed E-state index contributed by atoms with van der Waals surface area (Å²) in [6.07, 6.45) is 2.13. The van der Waals surface area contributed by atoms with Crippen LogP contribution in [-0.2, 0) is 14.4 Å². The van der Waals surface area contributed by atoms with Crippen LogP contribution in [0, 0.1) is 0 Å². The largest absolute Gasteiger partial charge is 0.455 e. The molecule has 0 amide bonds. The molecule has 0 saturated heterocycles. The first kappa shape index (κ1) is 14.9. The summed E-state index contributed by atoms with van der Waals surface area (Å²) in [4.78, 5) is 15.2. The number of rotatable bonds is 7. The minimum Gasteiger partial charge on any atom is -0.455 e. The Bertz CT molecular complexity index is 272. The molecule has 0 rings (SSSR count). The Labute approximate surface area is 96.5 Å². The topological polar surface area (TPSA) is 55.8 Å².